The van der Waals surface area contributed by atoms with Gasteiger partial charge in [-0.25, -0.2) is 0 Å². The van der Waals surface area contributed by atoms with Crippen molar-refractivity contribution in [1.29, 1.82) is 0 Å². The second-order valence-corrected chi connectivity index (χ2v) is 1.24. The molecule has 0 fully saturated rings. The Hall–Kier alpha value is 0.200. The third-order valence-electron chi connectivity index (χ3n) is 0.157. The molecule has 0 unspecified atom stereocenters. The van der Waals surface area contributed by atoms with Crippen molar-refractivity contribution in [2.45, 2.75) is 0 Å². The van der Waals surface area contributed by atoms with Crippen LogP contribution in [-0.2, 0) is 4.79 Å². The average Bonchev–Trinajstić information content (AvgIpc) is 1.41. The molecule has 0 rings (SSSR count). The second kappa shape index (κ2) is 4.20. The van der Waals surface area contributed by atoms with Crippen LogP contribution in [0.3, 0.4) is 0 Å². The van der Waals surface area contributed by atoms with E-state index < -0.39 is 0 Å². The Kier molecular flexibility index (Phi) is 4.37. The van der Waals surface area contributed by atoms with Crippen LogP contribution in [0.1, 0.15) is 0 Å². The summed E-state index contributed by atoms with van der Waals surface area (Å²) < 4.78 is 1.70. The first-order valence-electron chi connectivity index (χ1n) is 1.14. The SMILES string of the molecule is O=C/C=C/[Te]. The molecule has 27 valence electrons. The van der Waals surface area contributed by atoms with Gasteiger partial charge in [0.2, 0.25) is 0 Å². The molecule has 0 aliphatic carbocycles. The molecule has 0 aromatic rings. The van der Waals surface area contributed by atoms with Crippen LogP contribution >= 0.6 is 0 Å². The summed E-state index contributed by atoms with van der Waals surface area (Å²) in [5, 5.41) is 0. The molecule has 0 atom stereocenters. The first-order valence-corrected chi connectivity index (χ1v) is 2.48. The Balaban J connectivity index is 2.92. The van der Waals surface area contributed by atoms with E-state index in [0.29, 0.717) is 0 Å². The molecule has 1 radical (unpaired) electrons. The minimum absolute atomic E-state index is 0.752. The van der Waals surface area contributed by atoms with Crippen LogP contribution in [0.5, 0.6) is 0 Å². The minimum atomic E-state index is 0.752. The molecule has 0 amide bonds. The molecule has 5 heavy (non-hydrogen) atoms. The molecule has 0 bridgehead atoms. The summed E-state index contributed by atoms with van der Waals surface area (Å²) in [5.41, 5.74) is 0. The molecule has 0 saturated heterocycles. The van der Waals surface area contributed by atoms with E-state index in [-0.39, 0.29) is 0 Å². The normalized spacial score (nSPS) is 8.80. The first kappa shape index (κ1) is 5.20. The van der Waals surface area contributed by atoms with Gasteiger partial charge in [-0.1, -0.05) is 0 Å². The maximum absolute atomic E-state index is 9.32. The van der Waals surface area contributed by atoms with Crippen LogP contribution in [0, 0.1) is 0 Å². The van der Waals surface area contributed by atoms with Crippen molar-refractivity contribution in [2.24, 2.45) is 0 Å². The van der Waals surface area contributed by atoms with Crippen molar-refractivity contribution in [1.82, 2.24) is 0 Å². The van der Waals surface area contributed by atoms with Crippen LogP contribution in [0.4, 0.5) is 0 Å². The van der Waals surface area contributed by atoms with Crippen molar-refractivity contribution in [3.05, 3.63) is 10.2 Å². The molecule has 0 spiro atoms. The molecule has 0 aliphatic rings. The van der Waals surface area contributed by atoms with E-state index in [0.717, 1.165) is 6.29 Å². The van der Waals surface area contributed by atoms with Gasteiger partial charge in [-0.2, -0.15) is 0 Å². The van der Waals surface area contributed by atoms with Gasteiger partial charge in [0.05, 0.1) is 0 Å². The topological polar surface area (TPSA) is 17.1 Å². The van der Waals surface area contributed by atoms with E-state index in [9.17, 15) is 4.79 Å². The standard InChI is InChI=1S/C3H3OTe/c4-2-1-3-5/h1-3H/b3-1+. The van der Waals surface area contributed by atoms with Crippen molar-refractivity contribution in [3.8, 4) is 0 Å². The van der Waals surface area contributed by atoms with Crippen molar-refractivity contribution in [3.63, 3.8) is 0 Å². The van der Waals surface area contributed by atoms with E-state index >= 15 is 0 Å². The van der Waals surface area contributed by atoms with E-state index in [1.165, 1.54) is 6.08 Å². The molecule has 0 saturated carbocycles. The Labute approximate surface area is 44.0 Å². The molecule has 0 heterocycles. The zero-order valence-corrected chi connectivity index (χ0v) is 4.88. The Bertz CT molecular complexity index is 48.9. The molecule has 0 aliphatic heterocycles. The van der Waals surface area contributed by atoms with Gasteiger partial charge >= 0.3 is 43.6 Å². The molecule has 0 aromatic carbocycles. The maximum atomic E-state index is 9.32. The van der Waals surface area contributed by atoms with Gasteiger partial charge in [-0.15, -0.1) is 0 Å². The number of aldehydes is 1. The van der Waals surface area contributed by atoms with Crippen molar-refractivity contribution < 1.29 is 4.79 Å². The summed E-state index contributed by atoms with van der Waals surface area (Å²) in [6.07, 6.45) is 2.20. The first-order chi connectivity index (χ1) is 2.41. The monoisotopic (exact) mass is 185 g/mol. The fraction of sp³-hybridized carbons (Fsp3) is 0. The van der Waals surface area contributed by atoms with Crippen LogP contribution in [0.25, 0.3) is 0 Å². The Morgan fingerprint density at radius 2 is 2.20 bits per heavy atom. The van der Waals surface area contributed by atoms with Gasteiger partial charge in [-0.05, 0) is 0 Å². The van der Waals surface area contributed by atoms with Gasteiger partial charge in [0.15, 0.2) is 0 Å². The van der Waals surface area contributed by atoms with Gasteiger partial charge in [0.25, 0.3) is 0 Å². The molecule has 0 aromatic heterocycles. The zero-order chi connectivity index (χ0) is 4.12. The summed E-state index contributed by atoms with van der Waals surface area (Å²) in [7, 11) is 0. The van der Waals surface area contributed by atoms with E-state index in [2.05, 4.69) is 0 Å². The second-order valence-electron chi connectivity index (χ2n) is 0.465. The van der Waals surface area contributed by atoms with Gasteiger partial charge in [-0.3, -0.25) is 0 Å². The van der Waals surface area contributed by atoms with Crippen LogP contribution in [0.2, 0.25) is 0 Å². The van der Waals surface area contributed by atoms with E-state index in [4.69, 9.17) is 0 Å². The number of hydrogen-bond acceptors (Lipinski definition) is 1. The molecule has 1 nitrogen and oxygen atoms in total. The van der Waals surface area contributed by atoms with Crippen LogP contribution in [0.15, 0.2) is 10.2 Å². The van der Waals surface area contributed by atoms with Crippen molar-refractivity contribution >= 4 is 28.6 Å². The third-order valence-corrected chi connectivity index (χ3v) is 0.606. The molecular weight excluding hydrogens is 180 g/mol. The number of carbonyl (C=O) groups excluding carboxylic acids is 1. The fourth-order valence-corrected chi connectivity index (χ4v) is 0.215. The predicted molar refractivity (Wildman–Crippen MR) is 21.0 cm³/mol. The Morgan fingerprint density at radius 3 is 2.20 bits per heavy atom. The summed E-state index contributed by atoms with van der Waals surface area (Å²) in [4.78, 5) is 9.32. The number of carbonyl (C=O) groups is 1. The van der Waals surface area contributed by atoms with Gasteiger partial charge in [0.1, 0.15) is 0 Å². The van der Waals surface area contributed by atoms with Crippen molar-refractivity contribution in [2.75, 3.05) is 0 Å². The van der Waals surface area contributed by atoms with Gasteiger partial charge < -0.3 is 0 Å². The van der Waals surface area contributed by atoms with Crippen LogP contribution in [-0.4, -0.2) is 28.6 Å². The molecule has 2 heteroatoms. The summed E-state index contributed by atoms with van der Waals surface area (Å²) in [6, 6.07) is 0. The van der Waals surface area contributed by atoms with Gasteiger partial charge in [0, 0.05) is 0 Å². The summed E-state index contributed by atoms with van der Waals surface area (Å²) in [5.74, 6) is 0. The zero-order valence-electron chi connectivity index (χ0n) is 2.55. The molecule has 0 N–H and O–H groups in total. The quantitative estimate of drug-likeness (QED) is 0.314. The van der Waals surface area contributed by atoms with E-state index in [1.807, 2.05) is 0 Å². The number of allylic oxidation sites excluding steroid dienone is 1. The Morgan fingerprint density at radius 1 is 1.60 bits per heavy atom. The number of hydrogen-bond donors (Lipinski definition) is 0. The number of rotatable bonds is 1. The summed E-state index contributed by atoms with van der Waals surface area (Å²) in [6.45, 7) is 0. The predicted octanol–water partition coefficient (Wildman–Crippen LogP) is -0.133. The van der Waals surface area contributed by atoms with Crippen LogP contribution < -0.4 is 0 Å². The third kappa shape index (κ3) is 4.20. The fourth-order valence-electron chi connectivity index (χ4n) is 0.0321. The average molecular weight is 183 g/mol. The van der Waals surface area contributed by atoms with E-state index in [1.54, 1.807) is 26.4 Å². The summed E-state index contributed by atoms with van der Waals surface area (Å²) >= 11 is 1.74. The molecular formula is C3H3OTe.